The third-order valence-electron chi connectivity index (χ3n) is 2.30. The lowest BCUT2D eigenvalue weighted by Crippen LogP contribution is -2.40. The molecule has 0 radical (unpaired) electrons. The monoisotopic (exact) mass is 222 g/mol. The number of aliphatic hydroxyl groups excluding tert-OH is 4. The molecule has 7 heteroatoms. The lowest BCUT2D eigenvalue weighted by atomic mass is 10.0. The number of esters is 1. The zero-order valence-electron chi connectivity index (χ0n) is 8.11. The zero-order valence-corrected chi connectivity index (χ0v) is 8.11. The SMILES string of the molecule is COC(=O)[C@@H]1O[C@H]([C@H](O)CO)[C@H](O)[C@H]1O. The summed E-state index contributed by atoms with van der Waals surface area (Å²) in [4.78, 5) is 11.1. The summed E-state index contributed by atoms with van der Waals surface area (Å²) in [7, 11) is 1.11. The van der Waals surface area contributed by atoms with Crippen molar-refractivity contribution in [2.45, 2.75) is 30.5 Å². The number of hydrogen-bond acceptors (Lipinski definition) is 7. The van der Waals surface area contributed by atoms with Gasteiger partial charge < -0.3 is 29.9 Å². The largest absolute Gasteiger partial charge is 0.467 e. The van der Waals surface area contributed by atoms with Gasteiger partial charge in [0.25, 0.3) is 0 Å². The Labute approximate surface area is 85.9 Å². The van der Waals surface area contributed by atoms with Crippen LogP contribution in [0.5, 0.6) is 0 Å². The van der Waals surface area contributed by atoms with Crippen LogP contribution in [0.4, 0.5) is 0 Å². The van der Waals surface area contributed by atoms with Crippen molar-refractivity contribution in [1.82, 2.24) is 0 Å². The molecule has 1 saturated heterocycles. The molecule has 0 unspecified atom stereocenters. The second-order valence-corrected chi connectivity index (χ2v) is 3.28. The molecule has 0 saturated carbocycles. The predicted molar refractivity (Wildman–Crippen MR) is 45.8 cm³/mol. The summed E-state index contributed by atoms with van der Waals surface area (Å²) in [5.74, 6) is -0.839. The highest BCUT2D eigenvalue weighted by Gasteiger charge is 2.49. The smallest absolute Gasteiger partial charge is 0.337 e. The molecule has 0 aromatic heterocycles. The highest BCUT2D eigenvalue weighted by atomic mass is 16.6. The molecular formula is C8H14O7. The first-order chi connectivity index (χ1) is 7.02. The van der Waals surface area contributed by atoms with E-state index < -0.39 is 43.1 Å². The maximum Gasteiger partial charge on any atom is 0.337 e. The molecule has 1 aliphatic rings. The van der Waals surface area contributed by atoms with Crippen molar-refractivity contribution in [3.05, 3.63) is 0 Å². The van der Waals surface area contributed by atoms with Crippen LogP contribution in [-0.4, -0.2) is 70.6 Å². The van der Waals surface area contributed by atoms with E-state index in [1.54, 1.807) is 0 Å². The van der Waals surface area contributed by atoms with E-state index in [-0.39, 0.29) is 0 Å². The summed E-state index contributed by atoms with van der Waals surface area (Å²) in [5, 5.41) is 36.7. The maximum atomic E-state index is 11.1. The Hall–Kier alpha value is -0.730. The van der Waals surface area contributed by atoms with Crippen molar-refractivity contribution in [3.8, 4) is 0 Å². The fourth-order valence-electron chi connectivity index (χ4n) is 1.44. The predicted octanol–water partition coefficient (Wildman–Crippen LogP) is -3.00. The Morgan fingerprint density at radius 1 is 1.47 bits per heavy atom. The quantitative estimate of drug-likeness (QED) is 0.376. The number of hydrogen-bond donors (Lipinski definition) is 4. The van der Waals surface area contributed by atoms with Gasteiger partial charge in [-0.25, -0.2) is 4.79 Å². The van der Waals surface area contributed by atoms with Crippen LogP contribution in [0, 0.1) is 0 Å². The van der Waals surface area contributed by atoms with E-state index in [2.05, 4.69) is 4.74 Å². The standard InChI is InChI=1S/C8H14O7/c1-14-8(13)7-5(12)4(11)6(15-7)3(10)2-9/h3-7,9-12H,2H2,1H3/t3-,4-,5-,6-,7-/m1/s1. The molecule has 0 bridgehead atoms. The Morgan fingerprint density at radius 2 is 2.07 bits per heavy atom. The summed E-state index contributed by atoms with van der Waals surface area (Å²) < 4.78 is 9.24. The first-order valence-corrected chi connectivity index (χ1v) is 4.41. The number of carbonyl (C=O) groups is 1. The van der Waals surface area contributed by atoms with Crippen LogP contribution in [0.15, 0.2) is 0 Å². The Kier molecular flexibility index (Phi) is 4.00. The fraction of sp³-hybridized carbons (Fsp3) is 0.875. The topological polar surface area (TPSA) is 116 Å². The molecule has 0 aromatic rings. The number of methoxy groups -OCH3 is 1. The molecule has 1 rings (SSSR count). The summed E-state index contributed by atoms with van der Waals surface area (Å²) in [6.45, 7) is -0.637. The van der Waals surface area contributed by atoms with Crippen LogP contribution in [0.2, 0.25) is 0 Å². The van der Waals surface area contributed by atoms with Crippen LogP contribution in [0.3, 0.4) is 0 Å². The normalized spacial score (nSPS) is 37.7. The first kappa shape index (κ1) is 12.3. The van der Waals surface area contributed by atoms with E-state index in [9.17, 15) is 20.1 Å². The molecule has 88 valence electrons. The highest BCUT2D eigenvalue weighted by Crippen LogP contribution is 2.24. The van der Waals surface area contributed by atoms with E-state index in [0.717, 1.165) is 7.11 Å². The molecule has 1 heterocycles. The molecule has 1 fully saturated rings. The minimum absolute atomic E-state index is 0.637. The number of ether oxygens (including phenoxy) is 2. The third-order valence-corrected chi connectivity index (χ3v) is 2.30. The van der Waals surface area contributed by atoms with Gasteiger partial charge in [0.2, 0.25) is 0 Å². The number of rotatable bonds is 3. The van der Waals surface area contributed by atoms with Crippen molar-refractivity contribution in [2.24, 2.45) is 0 Å². The van der Waals surface area contributed by atoms with Crippen LogP contribution in [0.1, 0.15) is 0 Å². The lowest BCUT2D eigenvalue weighted by Gasteiger charge is -2.18. The molecule has 5 atom stereocenters. The van der Waals surface area contributed by atoms with Crippen molar-refractivity contribution in [1.29, 1.82) is 0 Å². The molecule has 0 aliphatic carbocycles. The van der Waals surface area contributed by atoms with Gasteiger partial charge in [0.1, 0.15) is 24.4 Å². The maximum absolute atomic E-state index is 11.1. The van der Waals surface area contributed by atoms with Crippen molar-refractivity contribution < 1.29 is 34.7 Å². The van der Waals surface area contributed by atoms with Gasteiger partial charge in [-0.05, 0) is 0 Å². The van der Waals surface area contributed by atoms with Gasteiger partial charge in [-0.1, -0.05) is 0 Å². The summed E-state index contributed by atoms with van der Waals surface area (Å²) in [5.41, 5.74) is 0. The van der Waals surface area contributed by atoms with E-state index >= 15 is 0 Å². The second-order valence-electron chi connectivity index (χ2n) is 3.28. The van der Waals surface area contributed by atoms with Gasteiger partial charge in [0, 0.05) is 0 Å². The summed E-state index contributed by atoms with van der Waals surface area (Å²) in [6.07, 6.45) is -6.80. The number of aliphatic hydroxyl groups is 4. The van der Waals surface area contributed by atoms with Crippen LogP contribution < -0.4 is 0 Å². The minimum Gasteiger partial charge on any atom is -0.467 e. The van der Waals surface area contributed by atoms with E-state index in [0.29, 0.717) is 0 Å². The Balaban J connectivity index is 2.71. The van der Waals surface area contributed by atoms with E-state index in [1.807, 2.05) is 0 Å². The third kappa shape index (κ3) is 2.27. The molecule has 0 aromatic carbocycles. The van der Waals surface area contributed by atoms with Crippen molar-refractivity contribution in [2.75, 3.05) is 13.7 Å². The minimum atomic E-state index is -1.47. The highest BCUT2D eigenvalue weighted by molar-refractivity contribution is 5.75. The summed E-state index contributed by atoms with van der Waals surface area (Å²) >= 11 is 0. The average Bonchev–Trinajstić information content (AvgIpc) is 2.54. The van der Waals surface area contributed by atoms with Crippen LogP contribution in [-0.2, 0) is 14.3 Å². The zero-order chi connectivity index (χ0) is 11.6. The van der Waals surface area contributed by atoms with Crippen LogP contribution in [0.25, 0.3) is 0 Å². The fourth-order valence-corrected chi connectivity index (χ4v) is 1.44. The van der Waals surface area contributed by atoms with Crippen molar-refractivity contribution in [3.63, 3.8) is 0 Å². The van der Waals surface area contributed by atoms with Gasteiger partial charge in [0.05, 0.1) is 13.7 Å². The van der Waals surface area contributed by atoms with Gasteiger partial charge in [-0.15, -0.1) is 0 Å². The Morgan fingerprint density at radius 3 is 2.53 bits per heavy atom. The summed E-state index contributed by atoms with van der Waals surface area (Å²) in [6, 6.07) is 0. The van der Waals surface area contributed by atoms with Gasteiger partial charge in [-0.2, -0.15) is 0 Å². The second kappa shape index (κ2) is 4.86. The molecular weight excluding hydrogens is 208 g/mol. The number of carbonyl (C=O) groups excluding carboxylic acids is 1. The van der Waals surface area contributed by atoms with E-state index in [4.69, 9.17) is 9.84 Å². The average molecular weight is 222 g/mol. The molecule has 0 spiro atoms. The Bertz CT molecular complexity index is 231. The first-order valence-electron chi connectivity index (χ1n) is 4.41. The molecule has 15 heavy (non-hydrogen) atoms. The molecule has 7 nitrogen and oxygen atoms in total. The van der Waals surface area contributed by atoms with Crippen molar-refractivity contribution >= 4 is 5.97 Å². The molecule has 1 aliphatic heterocycles. The van der Waals surface area contributed by atoms with Gasteiger partial charge >= 0.3 is 5.97 Å². The molecule has 0 amide bonds. The van der Waals surface area contributed by atoms with Gasteiger partial charge in [-0.3, -0.25) is 0 Å². The van der Waals surface area contributed by atoms with Gasteiger partial charge in [0.15, 0.2) is 6.10 Å². The molecule has 4 N–H and O–H groups in total. The lowest BCUT2D eigenvalue weighted by molar-refractivity contribution is -0.160. The van der Waals surface area contributed by atoms with Crippen LogP contribution >= 0.6 is 0 Å². The van der Waals surface area contributed by atoms with E-state index in [1.165, 1.54) is 0 Å².